The largest absolute Gasteiger partial charge is 0.378 e. The maximum Gasteiger partial charge on any atom is 0.246 e. The molecule has 1 fully saturated rings. The molecule has 0 radical (unpaired) electrons. The second-order valence-electron chi connectivity index (χ2n) is 6.09. The van der Waals surface area contributed by atoms with E-state index in [2.05, 4.69) is 18.8 Å². The van der Waals surface area contributed by atoms with Crippen molar-refractivity contribution in [3.63, 3.8) is 0 Å². The third-order valence-electron chi connectivity index (χ3n) is 4.41. The quantitative estimate of drug-likeness (QED) is 0.782. The summed E-state index contributed by atoms with van der Waals surface area (Å²) in [4.78, 5) is 18.1. The molecule has 0 aliphatic heterocycles. The van der Waals surface area contributed by atoms with Gasteiger partial charge in [0, 0.05) is 43.6 Å². The summed E-state index contributed by atoms with van der Waals surface area (Å²) in [5.41, 5.74) is 0.932. The third kappa shape index (κ3) is 3.32. The lowest BCUT2D eigenvalue weighted by atomic mass is 9.64. The smallest absolute Gasteiger partial charge is 0.246 e. The van der Waals surface area contributed by atoms with E-state index < -0.39 is 0 Å². The van der Waals surface area contributed by atoms with Gasteiger partial charge in [-0.1, -0.05) is 19.9 Å². The van der Waals surface area contributed by atoms with Crippen LogP contribution in [0.15, 0.2) is 30.6 Å². The maximum absolute atomic E-state index is 12.3. The number of amides is 1. The first-order valence-corrected chi connectivity index (χ1v) is 7.43. The van der Waals surface area contributed by atoms with Crippen molar-refractivity contribution in [1.82, 2.24) is 9.88 Å². The summed E-state index contributed by atoms with van der Waals surface area (Å²) in [6.07, 6.45) is 8.02. The molecule has 0 bridgehead atoms. The van der Waals surface area contributed by atoms with Crippen LogP contribution in [0.1, 0.15) is 32.8 Å². The van der Waals surface area contributed by atoms with Crippen molar-refractivity contribution < 1.29 is 9.53 Å². The molecule has 0 spiro atoms. The molecule has 0 N–H and O–H groups in total. The Morgan fingerprint density at radius 3 is 2.90 bits per heavy atom. The van der Waals surface area contributed by atoms with Gasteiger partial charge in [0.25, 0.3) is 0 Å². The Balaban J connectivity index is 1.96. The van der Waals surface area contributed by atoms with E-state index in [1.807, 2.05) is 31.0 Å². The molecule has 0 saturated heterocycles. The summed E-state index contributed by atoms with van der Waals surface area (Å²) in [5.74, 6) is 0.0203. The van der Waals surface area contributed by atoms with Crippen molar-refractivity contribution in [2.24, 2.45) is 5.41 Å². The Hall–Kier alpha value is -1.68. The summed E-state index contributed by atoms with van der Waals surface area (Å²) in [6.45, 7) is 7.06. The van der Waals surface area contributed by atoms with Crippen molar-refractivity contribution >= 4 is 12.0 Å². The predicted molar refractivity (Wildman–Crippen MR) is 83.6 cm³/mol. The van der Waals surface area contributed by atoms with Crippen LogP contribution in [0.25, 0.3) is 6.08 Å². The Kier molecular flexibility index (Phi) is 4.78. The lowest BCUT2D eigenvalue weighted by molar-refractivity contribution is -0.159. The van der Waals surface area contributed by atoms with E-state index in [1.54, 1.807) is 24.5 Å². The number of aromatic nitrogens is 1. The summed E-state index contributed by atoms with van der Waals surface area (Å²) in [6, 6.07) is 4.00. The second-order valence-corrected chi connectivity index (χ2v) is 6.09. The first kappa shape index (κ1) is 15.7. The molecular weight excluding hydrogens is 264 g/mol. The van der Waals surface area contributed by atoms with Crippen molar-refractivity contribution in [2.45, 2.75) is 39.3 Å². The van der Waals surface area contributed by atoms with Crippen molar-refractivity contribution in [1.29, 1.82) is 0 Å². The van der Waals surface area contributed by atoms with Crippen molar-refractivity contribution in [3.05, 3.63) is 36.2 Å². The Morgan fingerprint density at radius 2 is 2.33 bits per heavy atom. The van der Waals surface area contributed by atoms with Gasteiger partial charge in [0.05, 0.1) is 6.10 Å². The highest BCUT2D eigenvalue weighted by Gasteiger charge is 2.51. The van der Waals surface area contributed by atoms with E-state index in [1.165, 1.54) is 0 Å². The average Bonchev–Trinajstić information content (AvgIpc) is 2.49. The lowest BCUT2D eigenvalue weighted by Gasteiger charge is -2.54. The zero-order chi connectivity index (χ0) is 15.5. The van der Waals surface area contributed by atoms with Gasteiger partial charge >= 0.3 is 0 Å². The summed E-state index contributed by atoms with van der Waals surface area (Å²) >= 11 is 0. The molecule has 4 nitrogen and oxygen atoms in total. The molecular formula is C17H24N2O2. The molecule has 21 heavy (non-hydrogen) atoms. The van der Waals surface area contributed by atoms with Crippen LogP contribution in [-0.4, -0.2) is 41.6 Å². The predicted octanol–water partition coefficient (Wildman–Crippen LogP) is 2.76. The highest BCUT2D eigenvalue weighted by Crippen LogP contribution is 2.45. The molecule has 0 aromatic carbocycles. The molecule has 114 valence electrons. The van der Waals surface area contributed by atoms with Gasteiger partial charge in [-0.2, -0.15) is 0 Å². The van der Waals surface area contributed by atoms with Crippen LogP contribution < -0.4 is 0 Å². The van der Waals surface area contributed by atoms with E-state index in [0.717, 1.165) is 18.6 Å². The van der Waals surface area contributed by atoms with Crippen molar-refractivity contribution in [3.8, 4) is 0 Å². The first-order valence-electron chi connectivity index (χ1n) is 7.43. The first-order chi connectivity index (χ1) is 9.96. The normalized spacial score (nSPS) is 23.8. The van der Waals surface area contributed by atoms with Crippen LogP contribution in [0.3, 0.4) is 0 Å². The topological polar surface area (TPSA) is 42.4 Å². The Bertz CT molecular complexity index is 511. The second kappa shape index (κ2) is 6.39. The number of ether oxygens (including phenoxy) is 1. The van der Waals surface area contributed by atoms with Crippen LogP contribution in [0, 0.1) is 5.41 Å². The third-order valence-corrected chi connectivity index (χ3v) is 4.41. The van der Waals surface area contributed by atoms with Crippen LogP contribution >= 0.6 is 0 Å². The molecule has 1 aliphatic carbocycles. The van der Waals surface area contributed by atoms with Gasteiger partial charge in [-0.3, -0.25) is 9.78 Å². The fourth-order valence-corrected chi connectivity index (χ4v) is 2.92. The number of nitrogens with zero attached hydrogens (tertiary/aromatic N) is 2. The van der Waals surface area contributed by atoms with Crippen LogP contribution in [0.5, 0.6) is 0 Å². The number of likely N-dealkylation sites (N-methyl/N-ethyl adjacent to an activating group) is 1. The number of carbonyl (C=O) groups excluding carboxylic acids is 1. The van der Waals surface area contributed by atoms with Gasteiger partial charge in [0.1, 0.15) is 0 Å². The molecule has 2 atom stereocenters. The zero-order valence-corrected chi connectivity index (χ0v) is 13.2. The minimum absolute atomic E-state index is 0.00254. The monoisotopic (exact) mass is 288 g/mol. The standard InChI is InChI=1S/C17H24N2O2/c1-5-21-15-11-14(17(15,2)3)19(4)16(20)9-8-13-7-6-10-18-12-13/h6-10,12,14-15H,5,11H2,1-4H3/b9-8+/t14-,15-/m0/s1. The van der Waals surface area contributed by atoms with E-state index in [4.69, 9.17) is 4.74 Å². The molecule has 1 aliphatic rings. The molecule has 1 heterocycles. The molecule has 1 aromatic heterocycles. The summed E-state index contributed by atoms with van der Waals surface area (Å²) < 4.78 is 5.72. The Morgan fingerprint density at radius 1 is 1.57 bits per heavy atom. The minimum atomic E-state index is 0.00254. The van der Waals surface area contributed by atoms with Crippen LogP contribution in [-0.2, 0) is 9.53 Å². The minimum Gasteiger partial charge on any atom is -0.378 e. The SMILES string of the molecule is CCO[C@H]1C[C@H](N(C)C(=O)/C=C/c2cccnc2)C1(C)C. The van der Waals surface area contributed by atoms with Gasteiger partial charge in [0.15, 0.2) is 0 Å². The van der Waals surface area contributed by atoms with E-state index in [0.29, 0.717) is 0 Å². The number of pyridine rings is 1. The van der Waals surface area contributed by atoms with Crippen LogP contribution in [0.2, 0.25) is 0 Å². The zero-order valence-electron chi connectivity index (χ0n) is 13.2. The number of hydrogen-bond acceptors (Lipinski definition) is 3. The highest BCUT2D eigenvalue weighted by atomic mass is 16.5. The number of rotatable bonds is 5. The van der Waals surface area contributed by atoms with Crippen molar-refractivity contribution in [2.75, 3.05) is 13.7 Å². The van der Waals surface area contributed by atoms with E-state index >= 15 is 0 Å². The van der Waals surface area contributed by atoms with E-state index in [9.17, 15) is 4.79 Å². The van der Waals surface area contributed by atoms with E-state index in [-0.39, 0.29) is 23.5 Å². The molecule has 1 saturated carbocycles. The molecule has 4 heteroatoms. The number of hydrogen-bond donors (Lipinski definition) is 0. The van der Waals surface area contributed by atoms with Gasteiger partial charge in [0.2, 0.25) is 5.91 Å². The fourth-order valence-electron chi connectivity index (χ4n) is 2.92. The van der Waals surface area contributed by atoms with Gasteiger partial charge in [-0.05, 0) is 31.1 Å². The molecule has 1 aromatic rings. The van der Waals surface area contributed by atoms with Gasteiger partial charge < -0.3 is 9.64 Å². The Labute approximate surface area is 126 Å². The molecule has 2 rings (SSSR count). The molecule has 1 amide bonds. The van der Waals surface area contributed by atoms with Crippen LogP contribution in [0.4, 0.5) is 0 Å². The highest BCUT2D eigenvalue weighted by molar-refractivity contribution is 5.91. The molecule has 0 unspecified atom stereocenters. The van der Waals surface area contributed by atoms with Gasteiger partial charge in [-0.25, -0.2) is 0 Å². The summed E-state index contributed by atoms with van der Waals surface area (Å²) in [5, 5.41) is 0. The lowest BCUT2D eigenvalue weighted by Crippen LogP contribution is -2.62. The fraction of sp³-hybridized carbons (Fsp3) is 0.529. The van der Waals surface area contributed by atoms with Gasteiger partial charge in [-0.15, -0.1) is 0 Å². The number of carbonyl (C=O) groups is 1. The maximum atomic E-state index is 12.3. The summed E-state index contributed by atoms with van der Waals surface area (Å²) in [7, 11) is 1.87. The average molecular weight is 288 g/mol.